The Bertz CT molecular complexity index is 1320. The van der Waals surface area contributed by atoms with E-state index in [0.717, 1.165) is 29.9 Å². The number of ether oxygens (including phenoxy) is 1. The van der Waals surface area contributed by atoms with Gasteiger partial charge in [0.25, 0.3) is 11.8 Å². The van der Waals surface area contributed by atoms with E-state index in [4.69, 9.17) is 16.3 Å². The van der Waals surface area contributed by atoms with Crippen LogP contribution in [0.4, 0.5) is 5.69 Å². The predicted octanol–water partition coefficient (Wildman–Crippen LogP) is 5.91. The van der Waals surface area contributed by atoms with Crippen LogP contribution in [0.25, 0.3) is 6.08 Å². The lowest BCUT2D eigenvalue weighted by Crippen LogP contribution is -2.42. The highest BCUT2D eigenvalue weighted by Crippen LogP contribution is 2.36. The van der Waals surface area contributed by atoms with Crippen molar-refractivity contribution in [3.8, 4) is 5.75 Å². The smallest absolute Gasteiger partial charge is 0.294 e. The number of para-hydroxylation sites is 2. The summed E-state index contributed by atoms with van der Waals surface area (Å²) in [4.78, 5) is 30.3. The van der Waals surface area contributed by atoms with Gasteiger partial charge in [-0.3, -0.25) is 19.4 Å². The Balaban J connectivity index is 1.26. The fraction of sp³-hybridized carbons (Fsp3) is 0.290. The first-order valence-electron chi connectivity index (χ1n) is 13.1. The van der Waals surface area contributed by atoms with Crippen molar-refractivity contribution in [3.63, 3.8) is 0 Å². The van der Waals surface area contributed by atoms with Crippen molar-refractivity contribution in [2.45, 2.75) is 38.8 Å². The Morgan fingerprint density at radius 2 is 1.82 bits per heavy atom. The maximum atomic E-state index is 13.4. The molecule has 0 spiro atoms. The molecular formula is C31H32ClN3O3. The molecule has 2 aliphatic rings. The molecule has 7 heteroatoms. The van der Waals surface area contributed by atoms with Crippen molar-refractivity contribution < 1.29 is 14.3 Å². The van der Waals surface area contributed by atoms with Crippen LogP contribution in [0.1, 0.15) is 47.7 Å². The van der Waals surface area contributed by atoms with Crippen LogP contribution < -0.4 is 15.0 Å². The second-order valence-corrected chi connectivity index (χ2v) is 10.3. The van der Waals surface area contributed by atoms with Crippen molar-refractivity contribution in [1.29, 1.82) is 0 Å². The first-order valence-corrected chi connectivity index (χ1v) is 13.5. The fourth-order valence-electron chi connectivity index (χ4n) is 4.98. The van der Waals surface area contributed by atoms with Crippen molar-refractivity contribution >= 4 is 35.2 Å². The summed E-state index contributed by atoms with van der Waals surface area (Å²) in [7, 11) is 0. The van der Waals surface area contributed by atoms with Crippen molar-refractivity contribution in [3.05, 3.63) is 100 Å². The van der Waals surface area contributed by atoms with Gasteiger partial charge in [-0.05, 0) is 79.9 Å². The number of carbonyl (C=O) groups is 2. The molecule has 2 amide bonds. The molecule has 0 saturated carbocycles. The molecule has 0 bridgehead atoms. The average Bonchev–Trinajstić information content (AvgIpc) is 2.93. The van der Waals surface area contributed by atoms with Gasteiger partial charge < -0.3 is 10.1 Å². The highest BCUT2D eigenvalue weighted by atomic mass is 35.5. The summed E-state index contributed by atoms with van der Waals surface area (Å²) in [5.74, 6) is 0.520. The molecule has 2 aliphatic heterocycles. The van der Waals surface area contributed by atoms with Crippen molar-refractivity contribution in [1.82, 2.24) is 10.2 Å². The quantitative estimate of drug-likeness (QED) is 0.386. The summed E-state index contributed by atoms with van der Waals surface area (Å²) in [5, 5.41) is 3.68. The lowest BCUT2D eigenvalue weighted by Gasteiger charge is -2.33. The predicted molar refractivity (Wildman–Crippen MR) is 151 cm³/mol. The number of likely N-dealkylation sites (tertiary alicyclic amines) is 1. The molecule has 196 valence electrons. The van der Waals surface area contributed by atoms with Gasteiger partial charge in [0.2, 0.25) is 0 Å². The SMILES string of the molecule is C[C@@H]1CCCCN1CCNC(=O)c1ccc(/C=C2\Oc3ccccc3N(Cc3ccc(Cl)cc3)C2=O)cc1. The van der Waals surface area contributed by atoms with Gasteiger partial charge in [-0.25, -0.2) is 0 Å². The second kappa shape index (κ2) is 11.8. The summed E-state index contributed by atoms with van der Waals surface area (Å²) < 4.78 is 6.00. The van der Waals surface area contributed by atoms with Gasteiger partial charge in [0, 0.05) is 29.7 Å². The van der Waals surface area contributed by atoms with Gasteiger partial charge in [-0.2, -0.15) is 0 Å². The summed E-state index contributed by atoms with van der Waals surface area (Å²) in [6, 6.07) is 22.7. The lowest BCUT2D eigenvalue weighted by atomic mass is 10.0. The van der Waals surface area contributed by atoms with E-state index in [1.807, 2.05) is 60.7 Å². The van der Waals surface area contributed by atoms with Crippen LogP contribution in [0.2, 0.25) is 5.02 Å². The van der Waals surface area contributed by atoms with E-state index in [0.29, 0.717) is 35.5 Å². The number of rotatable bonds is 7. The van der Waals surface area contributed by atoms with E-state index in [1.54, 1.807) is 23.1 Å². The number of amides is 2. The summed E-state index contributed by atoms with van der Waals surface area (Å²) in [6.07, 6.45) is 5.45. The minimum atomic E-state index is -0.229. The maximum Gasteiger partial charge on any atom is 0.294 e. The van der Waals surface area contributed by atoms with Crippen LogP contribution in [0.15, 0.2) is 78.6 Å². The van der Waals surface area contributed by atoms with E-state index in [1.165, 1.54) is 19.3 Å². The van der Waals surface area contributed by atoms with Crippen LogP contribution in [0.3, 0.4) is 0 Å². The first-order chi connectivity index (χ1) is 18.5. The third-order valence-electron chi connectivity index (χ3n) is 7.18. The molecule has 0 aromatic heterocycles. The molecular weight excluding hydrogens is 498 g/mol. The number of piperidine rings is 1. The molecule has 2 heterocycles. The summed E-state index contributed by atoms with van der Waals surface area (Å²) >= 11 is 6.03. The Labute approximate surface area is 228 Å². The summed E-state index contributed by atoms with van der Waals surface area (Å²) in [5.41, 5.74) is 3.04. The minimum absolute atomic E-state index is 0.0954. The molecule has 38 heavy (non-hydrogen) atoms. The number of hydrogen-bond donors (Lipinski definition) is 1. The Morgan fingerprint density at radius 3 is 2.58 bits per heavy atom. The van der Waals surface area contributed by atoms with Crippen molar-refractivity contribution in [2.75, 3.05) is 24.5 Å². The molecule has 1 fully saturated rings. The number of halogens is 1. The van der Waals surface area contributed by atoms with Crippen LogP contribution in [0.5, 0.6) is 5.75 Å². The van der Waals surface area contributed by atoms with Gasteiger partial charge in [-0.1, -0.05) is 54.4 Å². The number of benzene rings is 3. The van der Waals surface area contributed by atoms with Gasteiger partial charge in [0.15, 0.2) is 11.5 Å². The molecule has 6 nitrogen and oxygen atoms in total. The van der Waals surface area contributed by atoms with Crippen LogP contribution in [0, 0.1) is 0 Å². The third-order valence-corrected chi connectivity index (χ3v) is 7.43. The number of hydrogen-bond acceptors (Lipinski definition) is 4. The molecule has 1 saturated heterocycles. The molecule has 0 unspecified atom stereocenters. The highest BCUT2D eigenvalue weighted by molar-refractivity contribution is 6.30. The molecule has 0 radical (unpaired) electrons. The van der Waals surface area contributed by atoms with E-state index < -0.39 is 0 Å². The molecule has 0 aliphatic carbocycles. The Hall–Kier alpha value is -3.61. The van der Waals surface area contributed by atoms with E-state index in [9.17, 15) is 9.59 Å². The Morgan fingerprint density at radius 1 is 1.05 bits per heavy atom. The highest BCUT2D eigenvalue weighted by Gasteiger charge is 2.30. The van der Waals surface area contributed by atoms with E-state index >= 15 is 0 Å². The minimum Gasteiger partial charge on any atom is -0.449 e. The second-order valence-electron chi connectivity index (χ2n) is 9.85. The maximum absolute atomic E-state index is 13.4. The number of nitrogens with one attached hydrogen (secondary N) is 1. The molecule has 5 rings (SSSR count). The molecule has 3 aromatic rings. The summed E-state index contributed by atoms with van der Waals surface area (Å²) in [6.45, 7) is 5.24. The fourth-order valence-corrected chi connectivity index (χ4v) is 5.10. The third kappa shape index (κ3) is 6.09. The standard InChI is InChI=1S/C31H32ClN3O3/c1-22-6-4-5-18-34(22)19-17-33-30(36)25-13-9-23(10-14-25)20-29-31(37)35(21-24-11-15-26(32)16-12-24)27-7-2-3-8-28(27)38-29/h2-3,7-16,20,22H,4-6,17-19,21H2,1H3,(H,33,36)/b29-20-/t22-/m1/s1. The zero-order valence-corrected chi connectivity index (χ0v) is 22.3. The molecule has 1 N–H and O–H groups in total. The van der Waals surface area contributed by atoms with Crippen LogP contribution in [-0.2, 0) is 11.3 Å². The van der Waals surface area contributed by atoms with Gasteiger partial charge in [-0.15, -0.1) is 0 Å². The average molecular weight is 530 g/mol. The van der Waals surface area contributed by atoms with Gasteiger partial charge in [0.05, 0.1) is 12.2 Å². The van der Waals surface area contributed by atoms with Gasteiger partial charge in [0.1, 0.15) is 0 Å². The Kier molecular flexibility index (Phi) is 8.11. The first kappa shape index (κ1) is 26.0. The van der Waals surface area contributed by atoms with Crippen LogP contribution in [-0.4, -0.2) is 42.4 Å². The molecule has 1 atom stereocenters. The zero-order valence-electron chi connectivity index (χ0n) is 21.5. The number of carbonyl (C=O) groups excluding carboxylic acids is 2. The number of nitrogens with zero attached hydrogens (tertiary/aromatic N) is 2. The number of anilines is 1. The van der Waals surface area contributed by atoms with Crippen LogP contribution >= 0.6 is 11.6 Å². The topological polar surface area (TPSA) is 61.9 Å². The normalized spacial score (nSPS) is 18.7. The lowest BCUT2D eigenvalue weighted by molar-refractivity contribution is -0.117. The number of fused-ring (bicyclic) bond motifs is 1. The zero-order chi connectivity index (χ0) is 26.5. The van der Waals surface area contributed by atoms with E-state index in [-0.39, 0.29) is 17.6 Å². The van der Waals surface area contributed by atoms with Crippen molar-refractivity contribution in [2.24, 2.45) is 0 Å². The molecule has 3 aromatic carbocycles. The monoisotopic (exact) mass is 529 g/mol. The largest absolute Gasteiger partial charge is 0.449 e. The van der Waals surface area contributed by atoms with Gasteiger partial charge >= 0.3 is 0 Å². The van der Waals surface area contributed by atoms with E-state index in [2.05, 4.69) is 17.1 Å².